The predicted octanol–water partition coefficient (Wildman–Crippen LogP) is 3.29. The topological polar surface area (TPSA) is 4.44 Å². The van der Waals surface area contributed by atoms with Crippen LogP contribution in [-0.4, -0.2) is 85.0 Å². The molecule has 0 saturated carbocycles. The summed E-state index contributed by atoms with van der Waals surface area (Å²) in [4.78, 5) is 1.59. The summed E-state index contributed by atoms with van der Waals surface area (Å²) < 4.78 is 2.24. The van der Waals surface area contributed by atoms with Gasteiger partial charge >= 0.3 is 0 Å². The Bertz CT molecular complexity index is 521. The second kappa shape index (κ2) is 49.8. The van der Waals surface area contributed by atoms with Crippen molar-refractivity contribution in [3.63, 3.8) is 0 Å². The van der Waals surface area contributed by atoms with E-state index in [9.17, 15) is 0 Å². The predicted molar refractivity (Wildman–Crippen MR) is 219 cm³/mol. The van der Waals surface area contributed by atoms with Gasteiger partial charge in [-0.1, -0.05) is 175 Å². The lowest BCUT2D eigenvalue weighted by Gasteiger charge is -2.30. The Kier molecular flexibility index (Phi) is 62.4. The fraction of sp³-hybridized carbons (Fsp3) is 1.00. The van der Waals surface area contributed by atoms with E-state index in [2.05, 4.69) is 77.2 Å². The molecule has 0 aromatic carbocycles. The minimum Gasteiger partial charge on any atom is -1.00 e. The Balaban J connectivity index is -0.000000178. The number of nitrogens with one attached hydrogen (secondary N) is 1. The van der Waals surface area contributed by atoms with Crippen molar-refractivity contribution in [2.24, 2.45) is 0 Å². The number of quaternary nitrogens is 3. The summed E-state index contributed by atoms with van der Waals surface area (Å²) in [6.45, 7) is 11.0. The molecular formula is C44H100Cl3N3. The van der Waals surface area contributed by atoms with Crippen LogP contribution >= 0.6 is 0 Å². The number of hydrogen-bond donors (Lipinski definition) is 1. The van der Waals surface area contributed by atoms with Crippen LogP contribution < -0.4 is 42.1 Å². The third kappa shape index (κ3) is 74.0. The largest absolute Gasteiger partial charge is 1.00 e. The third-order valence-corrected chi connectivity index (χ3v) is 9.26. The van der Waals surface area contributed by atoms with Crippen LogP contribution in [0.15, 0.2) is 0 Å². The molecule has 0 aromatic rings. The summed E-state index contributed by atoms with van der Waals surface area (Å²) in [5, 5.41) is 0. The van der Waals surface area contributed by atoms with E-state index in [1.165, 1.54) is 217 Å². The van der Waals surface area contributed by atoms with Crippen LogP contribution in [0.25, 0.3) is 0 Å². The average Bonchev–Trinajstić information content (AvgIpc) is 2.99. The van der Waals surface area contributed by atoms with E-state index in [0.717, 1.165) is 4.48 Å². The van der Waals surface area contributed by atoms with Gasteiger partial charge in [0.2, 0.25) is 0 Å². The highest BCUT2D eigenvalue weighted by molar-refractivity contribution is 4.50. The van der Waals surface area contributed by atoms with Gasteiger partial charge < -0.3 is 51.1 Å². The summed E-state index contributed by atoms with van der Waals surface area (Å²) in [5.74, 6) is 0. The standard InChI is InChI=1S/C26H56N.C14H31N.C4H12N.3ClH/c1-5-7-9-11-13-15-17-19-21-23-25-27(3,4)26-24-22-20-18-16-14-12-10-8-6-2;1-4-5-6-7-8-9-10-11-12-13-14-15(2)3;1-5(2,3)4;;;/h5-26H2,1-4H3;4-14H2,1-3H3;1-4H3;3*1H/q+1;;+1;;;/p-2. The molecule has 0 bridgehead atoms. The molecule has 50 heavy (non-hydrogen) atoms. The quantitative estimate of drug-likeness (QED) is 0.0772. The highest BCUT2D eigenvalue weighted by Crippen LogP contribution is 2.14. The fourth-order valence-corrected chi connectivity index (χ4v) is 6.13. The highest BCUT2D eigenvalue weighted by Gasteiger charge is 2.13. The van der Waals surface area contributed by atoms with Gasteiger partial charge in [0.1, 0.15) is 0 Å². The van der Waals surface area contributed by atoms with Crippen LogP contribution in [0, 0.1) is 0 Å². The molecule has 0 unspecified atom stereocenters. The molecule has 0 heterocycles. The molecule has 3 nitrogen and oxygen atoms in total. The zero-order valence-corrected chi connectivity index (χ0v) is 39.1. The Hall–Kier alpha value is 0.750. The zero-order chi connectivity index (χ0) is 35.9. The van der Waals surface area contributed by atoms with Gasteiger partial charge in [-0.25, -0.2) is 0 Å². The van der Waals surface area contributed by atoms with Crippen LogP contribution in [0.2, 0.25) is 0 Å². The van der Waals surface area contributed by atoms with E-state index in [4.69, 9.17) is 0 Å². The molecule has 312 valence electrons. The monoisotopic (exact) mass is 776 g/mol. The third-order valence-electron chi connectivity index (χ3n) is 9.26. The molecule has 1 N–H and O–H groups in total. The minimum atomic E-state index is 0. The van der Waals surface area contributed by atoms with Crippen molar-refractivity contribution in [1.29, 1.82) is 0 Å². The Morgan fingerprint density at radius 3 is 0.680 bits per heavy atom. The molecule has 0 radical (unpaired) electrons. The summed E-state index contributed by atoms with van der Waals surface area (Å²) in [6, 6.07) is 0. The smallest absolute Gasteiger partial charge is 0.0782 e. The number of unbranched alkanes of at least 4 members (excludes halogenated alkanes) is 27. The molecule has 0 fully saturated rings. The van der Waals surface area contributed by atoms with E-state index in [1.54, 1.807) is 4.90 Å². The first-order valence-electron chi connectivity index (χ1n) is 21.8. The van der Waals surface area contributed by atoms with Gasteiger partial charge in [0.25, 0.3) is 0 Å². The first-order chi connectivity index (χ1) is 22.4. The second-order valence-corrected chi connectivity index (χ2v) is 17.6. The van der Waals surface area contributed by atoms with Gasteiger partial charge in [0, 0.05) is 0 Å². The average molecular weight is 778 g/mol. The van der Waals surface area contributed by atoms with Crippen molar-refractivity contribution in [2.45, 2.75) is 213 Å². The maximum absolute atomic E-state index is 2.45. The molecule has 0 atom stereocenters. The molecule has 0 saturated heterocycles. The van der Waals surface area contributed by atoms with Crippen LogP contribution in [0.5, 0.6) is 0 Å². The summed E-state index contributed by atoms with van der Waals surface area (Å²) in [7, 11) is 17.9. The van der Waals surface area contributed by atoms with Crippen molar-refractivity contribution in [3.05, 3.63) is 0 Å². The van der Waals surface area contributed by atoms with Crippen molar-refractivity contribution in [3.8, 4) is 0 Å². The van der Waals surface area contributed by atoms with Gasteiger partial charge in [-0.2, -0.15) is 0 Å². The van der Waals surface area contributed by atoms with Crippen LogP contribution in [-0.2, 0) is 0 Å². The van der Waals surface area contributed by atoms with Gasteiger partial charge in [0.05, 0.1) is 76.0 Å². The van der Waals surface area contributed by atoms with E-state index < -0.39 is 0 Å². The molecule has 0 spiro atoms. The Morgan fingerprint density at radius 2 is 0.480 bits per heavy atom. The summed E-state index contributed by atoms with van der Waals surface area (Å²) >= 11 is 0. The first kappa shape index (κ1) is 62.7. The van der Waals surface area contributed by atoms with E-state index in [-0.39, 0.29) is 37.2 Å². The number of hydrogen-bond acceptors (Lipinski definition) is 0. The molecule has 6 heteroatoms. The van der Waals surface area contributed by atoms with Crippen LogP contribution in [0.4, 0.5) is 0 Å². The van der Waals surface area contributed by atoms with Gasteiger partial charge in [-0.15, -0.1) is 0 Å². The molecule has 0 aromatic heterocycles. The second-order valence-electron chi connectivity index (χ2n) is 17.6. The fourth-order valence-electron chi connectivity index (χ4n) is 6.13. The molecule has 0 amide bonds. The molecule has 0 rings (SSSR count). The van der Waals surface area contributed by atoms with Crippen molar-refractivity contribution < 1.29 is 51.1 Å². The summed E-state index contributed by atoms with van der Waals surface area (Å²) in [5.41, 5.74) is 0. The number of rotatable bonds is 33. The lowest BCUT2D eigenvalue weighted by Crippen LogP contribution is -3.05. The van der Waals surface area contributed by atoms with Crippen molar-refractivity contribution in [1.82, 2.24) is 0 Å². The SMILES string of the molecule is CCCCCCCCCCCC[N+](C)(C)CCCCCCCCCCCC.CCCCCCCCCCCC[NH+](C)C.C[N+](C)(C)C.[Cl-].[Cl-].[Cl-]. The maximum Gasteiger partial charge on any atom is 0.0782 e. The van der Waals surface area contributed by atoms with E-state index in [1.807, 2.05) is 0 Å². The number of nitrogens with zero attached hydrogens (tertiary/aromatic N) is 2. The van der Waals surface area contributed by atoms with Crippen LogP contribution in [0.1, 0.15) is 213 Å². The summed E-state index contributed by atoms with van der Waals surface area (Å²) in [6.07, 6.45) is 43.5. The number of halogens is 3. The lowest BCUT2D eigenvalue weighted by atomic mass is 10.1. The van der Waals surface area contributed by atoms with E-state index >= 15 is 0 Å². The van der Waals surface area contributed by atoms with Crippen LogP contribution in [0.3, 0.4) is 0 Å². The minimum absolute atomic E-state index is 0. The normalized spacial score (nSPS) is 11.0. The molecule has 0 aliphatic heterocycles. The van der Waals surface area contributed by atoms with Crippen molar-refractivity contribution in [2.75, 3.05) is 76.0 Å². The molecule has 0 aliphatic rings. The first-order valence-corrected chi connectivity index (χ1v) is 21.8. The van der Waals surface area contributed by atoms with Crippen molar-refractivity contribution >= 4 is 0 Å². The van der Waals surface area contributed by atoms with Gasteiger partial charge in [0.15, 0.2) is 0 Å². The van der Waals surface area contributed by atoms with E-state index in [0.29, 0.717) is 0 Å². The molecular weight excluding hydrogens is 677 g/mol. The van der Waals surface area contributed by atoms with Gasteiger partial charge in [-0.05, 0) is 38.5 Å². The lowest BCUT2D eigenvalue weighted by molar-refractivity contribution is -0.890. The Labute approximate surface area is 339 Å². The maximum atomic E-state index is 2.45. The zero-order valence-electron chi connectivity index (χ0n) is 36.9. The molecule has 0 aliphatic carbocycles. The highest BCUT2D eigenvalue weighted by atomic mass is 35.5. The van der Waals surface area contributed by atoms with Gasteiger partial charge in [-0.3, -0.25) is 0 Å². The Morgan fingerprint density at radius 1 is 0.300 bits per heavy atom.